The summed E-state index contributed by atoms with van der Waals surface area (Å²) < 4.78 is 4.69. The molecule has 0 aromatic carbocycles. The smallest absolute Gasteiger partial charge is 0.408 e. The fraction of sp³-hybridized carbons (Fsp3) is 0.800. The molecule has 1 N–H and O–H groups in total. The first-order valence-electron chi connectivity index (χ1n) is 2.72. The molecule has 0 aliphatic rings. The van der Waals surface area contributed by atoms with Gasteiger partial charge in [0.05, 0.1) is 12.0 Å². The third kappa shape index (κ3) is 5.49. The lowest BCUT2D eigenvalue weighted by atomic mass is 10.5. The number of hydrogen-bond acceptors (Lipinski definition) is 3. The molecule has 3 nitrogen and oxygen atoms in total. The summed E-state index contributed by atoms with van der Waals surface area (Å²) in [6, 6.07) is 0. The van der Waals surface area contributed by atoms with Crippen LogP contribution in [0.15, 0.2) is 0 Å². The normalized spacial score (nSPS) is 9.33. The van der Waals surface area contributed by atoms with Crippen molar-refractivity contribution >= 4 is 18.7 Å². The van der Waals surface area contributed by atoms with Crippen molar-refractivity contribution in [3.8, 4) is 0 Å². The monoisotopic (exact) mass is 149 g/mol. The number of carbonyl (C=O) groups is 1. The number of hydrogen-bond donors (Lipinski definition) is 2. The molecule has 0 fully saturated rings. The van der Waals surface area contributed by atoms with Crippen LogP contribution in [0.2, 0.25) is 0 Å². The van der Waals surface area contributed by atoms with Gasteiger partial charge in [-0.3, -0.25) is 0 Å². The van der Waals surface area contributed by atoms with Gasteiger partial charge in [-0.05, 0) is 13.8 Å². The number of nitrogens with one attached hydrogen (secondary N) is 1. The Morgan fingerprint density at radius 1 is 1.78 bits per heavy atom. The summed E-state index contributed by atoms with van der Waals surface area (Å²) in [5, 5.41) is 2.38. The molecular formula is C5H11NO2S. The van der Waals surface area contributed by atoms with Crippen LogP contribution < -0.4 is 5.32 Å². The van der Waals surface area contributed by atoms with Gasteiger partial charge in [0, 0.05) is 0 Å². The quantitative estimate of drug-likeness (QED) is 0.454. The van der Waals surface area contributed by atoms with Gasteiger partial charge in [-0.1, -0.05) is 0 Å². The topological polar surface area (TPSA) is 38.3 Å². The highest BCUT2D eigenvalue weighted by atomic mass is 32.1. The molecule has 0 atom stereocenters. The predicted octanol–water partition coefficient (Wildman–Crippen LogP) is 1.01. The lowest BCUT2D eigenvalue weighted by Gasteiger charge is -2.06. The number of alkyl carbamates (subject to hydrolysis) is 1. The van der Waals surface area contributed by atoms with Crippen LogP contribution >= 0.6 is 12.6 Å². The van der Waals surface area contributed by atoms with E-state index in [9.17, 15) is 4.79 Å². The van der Waals surface area contributed by atoms with E-state index in [1.165, 1.54) is 0 Å². The largest absolute Gasteiger partial charge is 0.447 e. The lowest BCUT2D eigenvalue weighted by Crippen LogP contribution is -2.25. The Kier molecular flexibility index (Phi) is 4.30. The number of thiol groups is 1. The zero-order valence-electron chi connectivity index (χ0n) is 5.55. The Labute approximate surface area is 60.2 Å². The minimum atomic E-state index is -0.417. The van der Waals surface area contributed by atoms with E-state index in [-0.39, 0.29) is 6.10 Å². The van der Waals surface area contributed by atoms with E-state index in [0.29, 0.717) is 5.88 Å². The molecule has 0 bridgehead atoms. The van der Waals surface area contributed by atoms with Crippen molar-refractivity contribution in [3.63, 3.8) is 0 Å². The van der Waals surface area contributed by atoms with E-state index in [4.69, 9.17) is 4.74 Å². The Bertz CT molecular complexity index is 95.0. The predicted molar refractivity (Wildman–Crippen MR) is 38.6 cm³/mol. The van der Waals surface area contributed by atoms with E-state index in [1.54, 1.807) is 13.8 Å². The summed E-state index contributed by atoms with van der Waals surface area (Å²) in [6.07, 6.45) is -0.482. The maximum atomic E-state index is 10.5. The van der Waals surface area contributed by atoms with E-state index >= 15 is 0 Å². The third-order valence-electron chi connectivity index (χ3n) is 0.566. The van der Waals surface area contributed by atoms with Crippen molar-refractivity contribution < 1.29 is 9.53 Å². The summed E-state index contributed by atoms with van der Waals surface area (Å²) in [4.78, 5) is 10.5. The van der Waals surface area contributed by atoms with Crippen molar-refractivity contribution in [1.29, 1.82) is 0 Å². The number of rotatable bonds is 2. The second kappa shape index (κ2) is 4.49. The molecule has 0 spiro atoms. The zero-order valence-corrected chi connectivity index (χ0v) is 6.44. The maximum Gasteiger partial charge on any atom is 0.408 e. The number of amides is 1. The molecule has 0 rings (SSSR count). The summed E-state index contributed by atoms with van der Waals surface area (Å²) >= 11 is 3.77. The SMILES string of the molecule is CC(C)OC(=O)NCS. The summed E-state index contributed by atoms with van der Waals surface area (Å²) in [5.74, 6) is 0.311. The highest BCUT2D eigenvalue weighted by molar-refractivity contribution is 7.80. The summed E-state index contributed by atoms with van der Waals surface area (Å²) in [7, 11) is 0. The van der Waals surface area contributed by atoms with Crippen LogP contribution in [0.3, 0.4) is 0 Å². The minimum Gasteiger partial charge on any atom is -0.447 e. The molecule has 0 unspecified atom stereocenters. The van der Waals surface area contributed by atoms with Gasteiger partial charge < -0.3 is 10.1 Å². The van der Waals surface area contributed by atoms with Gasteiger partial charge in [0.25, 0.3) is 0 Å². The Balaban J connectivity index is 3.27. The standard InChI is InChI=1S/C5H11NO2S/c1-4(2)8-5(7)6-3-9/h4,9H,3H2,1-2H3,(H,6,7). The van der Waals surface area contributed by atoms with Crippen LogP contribution in [0, 0.1) is 0 Å². The van der Waals surface area contributed by atoms with Crippen LogP contribution in [0.5, 0.6) is 0 Å². The summed E-state index contributed by atoms with van der Waals surface area (Å²) in [6.45, 7) is 3.58. The molecule has 0 aliphatic heterocycles. The highest BCUT2D eigenvalue weighted by Gasteiger charge is 2.00. The lowest BCUT2D eigenvalue weighted by molar-refractivity contribution is 0.117. The van der Waals surface area contributed by atoms with Crippen molar-refractivity contribution in [3.05, 3.63) is 0 Å². The molecule has 0 heterocycles. The van der Waals surface area contributed by atoms with Gasteiger partial charge in [-0.2, -0.15) is 12.6 Å². The fourth-order valence-electron chi connectivity index (χ4n) is 0.320. The van der Waals surface area contributed by atoms with E-state index in [1.807, 2.05) is 0 Å². The fourth-order valence-corrected chi connectivity index (χ4v) is 0.449. The Hall–Kier alpha value is -0.380. The summed E-state index contributed by atoms with van der Waals surface area (Å²) in [5.41, 5.74) is 0. The van der Waals surface area contributed by atoms with Gasteiger partial charge in [-0.15, -0.1) is 0 Å². The van der Waals surface area contributed by atoms with E-state index < -0.39 is 6.09 Å². The second-order valence-electron chi connectivity index (χ2n) is 1.79. The molecule has 1 amide bonds. The first-order chi connectivity index (χ1) is 4.16. The molecular weight excluding hydrogens is 138 g/mol. The molecule has 0 aliphatic carbocycles. The molecule has 0 aromatic heterocycles. The van der Waals surface area contributed by atoms with Crippen molar-refractivity contribution in [1.82, 2.24) is 5.32 Å². The average Bonchev–Trinajstić information content (AvgIpc) is 1.63. The molecule has 0 saturated carbocycles. The van der Waals surface area contributed by atoms with Crippen molar-refractivity contribution in [2.75, 3.05) is 5.88 Å². The first-order valence-corrected chi connectivity index (χ1v) is 3.35. The molecule has 54 valence electrons. The van der Waals surface area contributed by atoms with Crippen LogP contribution in [0.25, 0.3) is 0 Å². The average molecular weight is 149 g/mol. The van der Waals surface area contributed by atoms with Gasteiger partial charge in [0.2, 0.25) is 0 Å². The highest BCUT2D eigenvalue weighted by Crippen LogP contribution is 1.87. The van der Waals surface area contributed by atoms with Crippen LogP contribution in [0.4, 0.5) is 4.79 Å². The van der Waals surface area contributed by atoms with Crippen molar-refractivity contribution in [2.45, 2.75) is 20.0 Å². The maximum absolute atomic E-state index is 10.5. The van der Waals surface area contributed by atoms with Crippen LogP contribution in [-0.4, -0.2) is 18.1 Å². The Morgan fingerprint density at radius 3 is 2.67 bits per heavy atom. The number of carbonyl (C=O) groups excluding carboxylic acids is 1. The number of ether oxygens (including phenoxy) is 1. The zero-order chi connectivity index (χ0) is 7.28. The van der Waals surface area contributed by atoms with Crippen molar-refractivity contribution in [2.24, 2.45) is 0 Å². The molecule has 4 heteroatoms. The van der Waals surface area contributed by atoms with Gasteiger partial charge in [-0.25, -0.2) is 4.79 Å². The second-order valence-corrected chi connectivity index (χ2v) is 2.11. The van der Waals surface area contributed by atoms with Gasteiger partial charge >= 0.3 is 6.09 Å². The van der Waals surface area contributed by atoms with Gasteiger partial charge in [0.15, 0.2) is 0 Å². The molecule has 0 saturated heterocycles. The molecule has 0 radical (unpaired) electrons. The first kappa shape index (κ1) is 8.62. The third-order valence-corrected chi connectivity index (χ3v) is 0.724. The van der Waals surface area contributed by atoms with E-state index in [2.05, 4.69) is 17.9 Å². The minimum absolute atomic E-state index is 0.0649. The van der Waals surface area contributed by atoms with E-state index in [0.717, 1.165) is 0 Å². The Morgan fingerprint density at radius 2 is 2.33 bits per heavy atom. The molecule has 0 aromatic rings. The van der Waals surface area contributed by atoms with Crippen LogP contribution in [0.1, 0.15) is 13.8 Å². The van der Waals surface area contributed by atoms with Crippen LogP contribution in [-0.2, 0) is 4.74 Å². The molecule has 9 heavy (non-hydrogen) atoms. The van der Waals surface area contributed by atoms with Gasteiger partial charge in [0.1, 0.15) is 0 Å².